The zero-order valence-electron chi connectivity index (χ0n) is 11.3. The highest BCUT2D eigenvalue weighted by Gasteiger charge is 2.09. The van der Waals surface area contributed by atoms with Crippen molar-refractivity contribution in [3.8, 4) is 0 Å². The largest absolute Gasteiger partial charge is 0.397 e. The van der Waals surface area contributed by atoms with E-state index in [4.69, 9.17) is 5.73 Å². The van der Waals surface area contributed by atoms with Crippen LogP contribution in [0, 0.1) is 0 Å². The van der Waals surface area contributed by atoms with Gasteiger partial charge in [0, 0.05) is 19.1 Å². The fraction of sp³-hybridized carbons (Fsp3) is 0.538. The minimum absolute atomic E-state index is 0.160. The molecule has 5 heteroatoms. The van der Waals surface area contributed by atoms with Crippen LogP contribution in [0.15, 0.2) is 18.3 Å². The van der Waals surface area contributed by atoms with E-state index in [0.717, 1.165) is 13.0 Å². The number of rotatable bonds is 6. The lowest BCUT2D eigenvalue weighted by Gasteiger charge is -2.23. The van der Waals surface area contributed by atoms with Crippen molar-refractivity contribution in [3.05, 3.63) is 24.0 Å². The van der Waals surface area contributed by atoms with Gasteiger partial charge < -0.3 is 16.0 Å². The van der Waals surface area contributed by atoms with Gasteiger partial charge in [-0.25, -0.2) is 4.98 Å². The topological polar surface area (TPSA) is 71.2 Å². The van der Waals surface area contributed by atoms with Crippen molar-refractivity contribution in [1.29, 1.82) is 0 Å². The van der Waals surface area contributed by atoms with Gasteiger partial charge in [-0.05, 0) is 32.5 Å². The molecule has 1 atom stereocenters. The van der Waals surface area contributed by atoms with Gasteiger partial charge in [-0.3, -0.25) is 4.79 Å². The lowest BCUT2D eigenvalue weighted by atomic mass is 10.2. The number of nitrogens with zero attached hydrogens (tertiary/aromatic N) is 2. The molecule has 0 aliphatic heterocycles. The predicted molar refractivity (Wildman–Crippen MR) is 73.4 cm³/mol. The Hall–Kier alpha value is -1.62. The Kier molecular flexibility index (Phi) is 5.58. The van der Waals surface area contributed by atoms with Crippen molar-refractivity contribution in [2.75, 3.05) is 25.9 Å². The summed E-state index contributed by atoms with van der Waals surface area (Å²) in [5.41, 5.74) is 6.47. The lowest BCUT2D eigenvalue weighted by Crippen LogP contribution is -2.37. The number of likely N-dealkylation sites (N-methyl/N-ethyl adjacent to an activating group) is 1. The molecule has 0 aliphatic rings. The summed E-state index contributed by atoms with van der Waals surface area (Å²) in [5, 5.41) is 2.84. The average molecular weight is 250 g/mol. The fourth-order valence-electron chi connectivity index (χ4n) is 1.51. The molecule has 0 fully saturated rings. The van der Waals surface area contributed by atoms with Crippen LogP contribution in [0.5, 0.6) is 0 Å². The first-order valence-corrected chi connectivity index (χ1v) is 6.24. The Labute approximate surface area is 108 Å². The number of aromatic nitrogens is 1. The number of hydrogen-bond donors (Lipinski definition) is 2. The first kappa shape index (κ1) is 14.4. The lowest BCUT2D eigenvalue weighted by molar-refractivity contribution is 0.0942. The van der Waals surface area contributed by atoms with E-state index in [0.29, 0.717) is 24.0 Å². The number of pyridine rings is 1. The first-order chi connectivity index (χ1) is 8.54. The Morgan fingerprint density at radius 1 is 1.56 bits per heavy atom. The smallest absolute Gasteiger partial charge is 0.269 e. The van der Waals surface area contributed by atoms with Gasteiger partial charge in [0.1, 0.15) is 5.69 Å². The summed E-state index contributed by atoms with van der Waals surface area (Å²) >= 11 is 0. The zero-order chi connectivity index (χ0) is 13.5. The predicted octanol–water partition coefficient (Wildman–Crippen LogP) is 1.12. The number of nitrogens with one attached hydrogen (secondary N) is 1. The van der Waals surface area contributed by atoms with Crippen molar-refractivity contribution >= 4 is 11.6 Å². The van der Waals surface area contributed by atoms with E-state index in [1.165, 1.54) is 6.20 Å². The van der Waals surface area contributed by atoms with Crippen molar-refractivity contribution < 1.29 is 4.79 Å². The molecule has 1 aromatic rings. The third-order valence-electron chi connectivity index (χ3n) is 3.11. The number of amides is 1. The molecular weight excluding hydrogens is 228 g/mol. The zero-order valence-corrected chi connectivity index (χ0v) is 11.3. The Bertz CT molecular complexity index is 377. The molecule has 3 N–H and O–H groups in total. The highest BCUT2D eigenvalue weighted by molar-refractivity contribution is 5.92. The van der Waals surface area contributed by atoms with Gasteiger partial charge in [0.2, 0.25) is 0 Å². The first-order valence-electron chi connectivity index (χ1n) is 6.24. The van der Waals surface area contributed by atoms with E-state index in [9.17, 15) is 4.79 Å². The van der Waals surface area contributed by atoms with E-state index < -0.39 is 0 Å². The Morgan fingerprint density at radius 2 is 2.28 bits per heavy atom. The average Bonchev–Trinajstić information content (AvgIpc) is 2.38. The van der Waals surface area contributed by atoms with Crippen molar-refractivity contribution in [1.82, 2.24) is 15.2 Å². The summed E-state index contributed by atoms with van der Waals surface area (Å²) in [5.74, 6) is -0.160. The van der Waals surface area contributed by atoms with Gasteiger partial charge in [0.05, 0.1) is 11.9 Å². The number of nitrogen functional groups attached to an aromatic ring is 1. The van der Waals surface area contributed by atoms with Crippen molar-refractivity contribution in [2.45, 2.75) is 26.3 Å². The van der Waals surface area contributed by atoms with Gasteiger partial charge in [-0.2, -0.15) is 0 Å². The van der Waals surface area contributed by atoms with Gasteiger partial charge in [-0.1, -0.05) is 6.92 Å². The molecule has 1 rings (SSSR count). The van der Waals surface area contributed by atoms with Crippen LogP contribution >= 0.6 is 0 Å². The Morgan fingerprint density at radius 3 is 2.83 bits per heavy atom. The van der Waals surface area contributed by atoms with Crippen LogP contribution in [0.2, 0.25) is 0 Å². The van der Waals surface area contributed by atoms with Crippen LogP contribution in [0.1, 0.15) is 30.8 Å². The minimum atomic E-state index is -0.160. The summed E-state index contributed by atoms with van der Waals surface area (Å²) in [6.45, 7) is 5.77. The number of hydrogen-bond acceptors (Lipinski definition) is 4. The monoisotopic (exact) mass is 250 g/mol. The molecule has 0 saturated heterocycles. The second-order valence-electron chi connectivity index (χ2n) is 4.47. The van der Waals surface area contributed by atoms with Crippen LogP contribution in [-0.2, 0) is 0 Å². The molecule has 1 amide bonds. The molecular formula is C13H22N4O. The summed E-state index contributed by atoms with van der Waals surface area (Å²) in [4.78, 5) is 17.9. The molecule has 1 heterocycles. The fourth-order valence-corrected chi connectivity index (χ4v) is 1.51. The number of carbonyl (C=O) groups is 1. The third kappa shape index (κ3) is 4.33. The standard InChI is InChI=1S/C13H22N4O/c1-4-10(2)17(3)8-7-15-13(18)12-6-5-11(14)9-16-12/h5-6,9-10H,4,7-8,14H2,1-3H3,(H,15,18). The van der Waals surface area contributed by atoms with Gasteiger partial charge >= 0.3 is 0 Å². The van der Waals surface area contributed by atoms with Crippen LogP contribution in [0.4, 0.5) is 5.69 Å². The molecule has 5 nitrogen and oxygen atoms in total. The maximum Gasteiger partial charge on any atom is 0.269 e. The van der Waals surface area contributed by atoms with Crippen LogP contribution in [0.25, 0.3) is 0 Å². The van der Waals surface area contributed by atoms with Gasteiger partial charge in [0.15, 0.2) is 0 Å². The van der Waals surface area contributed by atoms with Crippen molar-refractivity contribution in [3.63, 3.8) is 0 Å². The second-order valence-corrected chi connectivity index (χ2v) is 4.47. The highest BCUT2D eigenvalue weighted by atomic mass is 16.1. The SMILES string of the molecule is CCC(C)N(C)CCNC(=O)c1ccc(N)cn1. The van der Waals surface area contributed by atoms with E-state index >= 15 is 0 Å². The minimum Gasteiger partial charge on any atom is -0.397 e. The maximum atomic E-state index is 11.7. The number of anilines is 1. The van der Waals surface area contributed by atoms with E-state index in [1.807, 2.05) is 0 Å². The number of carbonyl (C=O) groups excluding carboxylic acids is 1. The quantitative estimate of drug-likeness (QED) is 0.794. The second kappa shape index (κ2) is 6.96. The molecule has 100 valence electrons. The molecule has 0 aromatic carbocycles. The molecule has 0 spiro atoms. The summed E-state index contributed by atoms with van der Waals surface area (Å²) in [7, 11) is 2.06. The molecule has 0 bridgehead atoms. The van der Waals surface area contributed by atoms with Crippen LogP contribution < -0.4 is 11.1 Å². The highest BCUT2D eigenvalue weighted by Crippen LogP contribution is 2.01. The third-order valence-corrected chi connectivity index (χ3v) is 3.11. The summed E-state index contributed by atoms with van der Waals surface area (Å²) < 4.78 is 0. The Balaban J connectivity index is 2.35. The molecule has 0 aliphatic carbocycles. The molecule has 1 aromatic heterocycles. The van der Waals surface area contributed by atoms with Crippen LogP contribution in [-0.4, -0.2) is 42.0 Å². The normalized spacial score (nSPS) is 12.4. The maximum absolute atomic E-state index is 11.7. The van der Waals surface area contributed by atoms with E-state index in [-0.39, 0.29) is 5.91 Å². The molecule has 18 heavy (non-hydrogen) atoms. The van der Waals surface area contributed by atoms with E-state index in [2.05, 4.69) is 36.1 Å². The van der Waals surface area contributed by atoms with Crippen molar-refractivity contribution in [2.24, 2.45) is 0 Å². The molecule has 0 saturated carbocycles. The molecule has 1 unspecified atom stereocenters. The van der Waals surface area contributed by atoms with Gasteiger partial charge in [0.25, 0.3) is 5.91 Å². The van der Waals surface area contributed by atoms with E-state index in [1.54, 1.807) is 12.1 Å². The molecule has 0 radical (unpaired) electrons. The summed E-state index contributed by atoms with van der Waals surface area (Å²) in [6, 6.07) is 3.83. The summed E-state index contributed by atoms with van der Waals surface area (Å²) in [6.07, 6.45) is 2.59. The number of nitrogens with two attached hydrogens (primary N) is 1. The van der Waals surface area contributed by atoms with Gasteiger partial charge in [-0.15, -0.1) is 0 Å². The van der Waals surface area contributed by atoms with Crippen LogP contribution in [0.3, 0.4) is 0 Å².